The van der Waals surface area contributed by atoms with Crippen LogP contribution in [0.15, 0.2) is 36.4 Å². The minimum Gasteiger partial charge on any atom is -0.340 e. The van der Waals surface area contributed by atoms with Crippen LogP contribution in [0.2, 0.25) is 10.0 Å². The normalized spacial score (nSPS) is 12.0. The first kappa shape index (κ1) is 20.3. The average molecular weight is 393 g/mol. The highest BCUT2D eigenvalue weighted by molar-refractivity contribution is 6.36. The van der Waals surface area contributed by atoms with Crippen LogP contribution in [0.3, 0.4) is 0 Å². The van der Waals surface area contributed by atoms with Crippen molar-refractivity contribution < 1.29 is 9.59 Å². The van der Waals surface area contributed by atoms with E-state index in [4.69, 9.17) is 23.2 Å². The first-order valence-electron chi connectivity index (χ1n) is 8.33. The largest absolute Gasteiger partial charge is 0.340 e. The summed E-state index contributed by atoms with van der Waals surface area (Å²) >= 11 is 12.0. The fraction of sp³-hybridized carbons (Fsp3) is 0.300. The Hall–Kier alpha value is -2.04. The van der Waals surface area contributed by atoms with Gasteiger partial charge >= 0.3 is 0 Å². The van der Waals surface area contributed by atoms with Gasteiger partial charge in [0.15, 0.2) is 0 Å². The molecule has 26 heavy (non-hydrogen) atoms. The molecule has 2 amide bonds. The molecule has 2 rings (SSSR count). The van der Waals surface area contributed by atoms with Gasteiger partial charge in [0.2, 0.25) is 5.91 Å². The van der Waals surface area contributed by atoms with Crippen molar-refractivity contribution in [3.63, 3.8) is 0 Å². The van der Waals surface area contributed by atoms with E-state index in [1.807, 2.05) is 45.9 Å². The van der Waals surface area contributed by atoms with Gasteiger partial charge in [-0.15, -0.1) is 0 Å². The Morgan fingerprint density at radius 2 is 1.69 bits per heavy atom. The number of anilines is 1. The maximum absolute atomic E-state index is 12.7. The van der Waals surface area contributed by atoms with E-state index >= 15 is 0 Å². The molecular formula is C20H22Cl2N2O2. The first-order chi connectivity index (χ1) is 12.2. The van der Waals surface area contributed by atoms with E-state index in [1.165, 1.54) is 6.07 Å². The lowest BCUT2D eigenvalue weighted by Crippen LogP contribution is -2.47. The van der Waals surface area contributed by atoms with E-state index in [2.05, 4.69) is 10.6 Å². The molecule has 0 unspecified atom stereocenters. The maximum atomic E-state index is 12.7. The van der Waals surface area contributed by atoms with Crippen LogP contribution in [-0.2, 0) is 4.79 Å². The Kier molecular flexibility index (Phi) is 6.68. The molecule has 6 heteroatoms. The molecule has 0 heterocycles. The van der Waals surface area contributed by atoms with Crippen molar-refractivity contribution >= 4 is 40.7 Å². The number of hydrogen-bond acceptors (Lipinski definition) is 2. The molecule has 2 N–H and O–H groups in total. The smallest absolute Gasteiger partial charge is 0.253 e. The Morgan fingerprint density at radius 1 is 1.00 bits per heavy atom. The van der Waals surface area contributed by atoms with Crippen molar-refractivity contribution in [1.29, 1.82) is 0 Å². The molecule has 0 radical (unpaired) electrons. The number of carbonyl (C=O) groups excluding carboxylic acids is 2. The number of rotatable bonds is 5. The molecule has 0 bridgehead atoms. The van der Waals surface area contributed by atoms with E-state index in [0.29, 0.717) is 5.02 Å². The van der Waals surface area contributed by atoms with E-state index in [1.54, 1.807) is 12.1 Å². The summed E-state index contributed by atoms with van der Waals surface area (Å²) in [6.07, 6.45) is 0. The summed E-state index contributed by atoms with van der Waals surface area (Å²) in [5.41, 5.74) is 3.02. The summed E-state index contributed by atoms with van der Waals surface area (Å²) in [6.45, 7) is 7.62. The second kappa shape index (κ2) is 8.56. The van der Waals surface area contributed by atoms with Gasteiger partial charge in [-0.25, -0.2) is 0 Å². The van der Waals surface area contributed by atoms with Gasteiger partial charge in [-0.2, -0.15) is 0 Å². The second-order valence-electron chi connectivity index (χ2n) is 6.63. The number of benzene rings is 2. The zero-order valence-electron chi connectivity index (χ0n) is 15.2. The van der Waals surface area contributed by atoms with Crippen LogP contribution >= 0.6 is 23.2 Å². The summed E-state index contributed by atoms with van der Waals surface area (Å²) in [5, 5.41) is 6.36. The average Bonchev–Trinajstić information content (AvgIpc) is 2.55. The molecule has 2 aromatic carbocycles. The molecule has 2 aromatic rings. The van der Waals surface area contributed by atoms with Crippen molar-refractivity contribution in [2.24, 2.45) is 5.92 Å². The van der Waals surface area contributed by atoms with E-state index in [0.717, 1.165) is 16.8 Å². The molecule has 0 spiro atoms. The highest BCUT2D eigenvalue weighted by Crippen LogP contribution is 2.22. The number of hydrogen-bond donors (Lipinski definition) is 2. The molecule has 0 aliphatic rings. The summed E-state index contributed by atoms with van der Waals surface area (Å²) in [7, 11) is 0. The third-order valence-corrected chi connectivity index (χ3v) is 4.61. The van der Waals surface area contributed by atoms with Gasteiger partial charge in [0.1, 0.15) is 6.04 Å². The zero-order valence-corrected chi connectivity index (χ0v) is 16.7. The lowest BCUT2D eigenvalue weighted by Gasteiger charge is -2.22. The Balaban J connectivity index is 2.18. The molecule has 4 nitrogen and oxygen atoms in total. The Labute approximate surface area is 163 Å². The van der Waals surface area contributed by atoms with Gasteiger partial charge in [0, 0.05) is 10.7 Å². The first-order valence-corrected chi connectivity index (χ1v) is 9.08. The summed E-state index contributed by atoms with van der Waals surface area (Å²) in [6, 6.07) is 9.76. The third-order valence-electron chi connectivity index (χ3n) is 4.06. The van der Waals surface area contributed by atoms with Crippen molar-refractivity contribution in [2.75, 3.05) is 5.32 Å². The lowest BCUT2D eigenvalue weighted by molar-refractivity contribution is -0.118. The molecule has 0 aliphatic heterocycles. The van der Waals surface area contributed by atoms with Crippen LogP contribution in [0.1, 0.15) is 35.3 Å². The van der Waals surface area contributed by atoms with E-state index in [9.17, 15) is 9.59 Å². The van der Waals surface area contributed by atoms with Gasteiger partial charge in [0.05, 0.1) is 10.6 Å². The number of nitrogens with one attached hydrogen (secondary N) is 2. The summed E-state index contributed by atoms with van der Waals surface area (Å²) in [4.78, 5) is 25.3. The van der Waals surface area contributed by atoms with Crippen LogP contribution in [0.5, 0.6) is 0 Å². The van der Waals surface area contributed by atoms with Crippen molar-refractivity contribution in [3.8, 4) is 0 Å². The van der Waals surface area contributed by atoms with Gasteiger partial charge in [-0.3, -0.25) is 9.59 Å². The molecular weight excluding hydrogens is 371 g/mol. The minimum atomic E-state index is -0.700. The quantitative estimate of drug-likeness (QED) is 0.751. The number of carbonyl (C=O) groups is 2. The van der Waals surface area contributed by atoms with E-state index < -0.39 is 11.9 Å². The predicted molar refractivity (Wildman–Crippen MR) is 107 cm³/mol. The standard InChI is InChI=1S/C20H22Cl2N2O2/c1-11(2)18(20(26)23-17-9-12(3)5-6-13(17)4)24-19(25)15-8-7-14(21)10-16(15)22/h5-11,18H,1-4H3,(H,23,26)(H,24,25)/t18-/m0/s1. The summed E-state index contributed by atoms with van der Waals surface area (Å²) < 4.78 is 0. The second-order valence-corrected chi connectivity index (χ2v) is 7.47. The van der Waals surface area contributed by atoms with Crippen LogP contribution in [-0.4, -0.2) is 17.9 Å². The third kappa shape index (κ3) is 4.99. The predicted octanol–water partition coefficient (Wildman–Crippen LogP) is 5.00. The topological polar surface area (TPSA) is 58.2 Å². The van der Waals surface area contributed by atoms with Gasteiger partial charge in [0.25, 0.3) is 5.91 Å². The van der Waals surface area contributed by atoms with Gasteiger partial charge in [-0.05, 0) is 55.2 Å². The highest BCUT2D eigenvalue weighted by Gasteiger charge is 2.26. The number of halogens is 2. The minimum absolute atomic E-state index is 0.102. The Bertz CT molecular complexity index is 835. The molecule has 1 atom stereocenters. The van der Waals surface area contributed by atoms with E-state index in [-0.39, 0.29) is 22.4 Å². The van der Waals surface area contributed by atoms with Crippen molar-refractivity contribution in [1.82, 2.24) is 5.32 Å². The zero-order chi connectivity index (χ0) is 19.4. The van der Waals surface area contributed by atoms with Gasteiger partial charge in [-0.1, -0.05) is 49.2 Å². The molecule has 0 aliphatic carbocycles. The molecule has 0 aromatic heterocycles. The van der Waals surface area contributed by atoms with Crippen LogP contribution < -0.4 is 10.6 Å². The van der Waals surface area contributed by atoms with Crippen molar-refractivity contribution in [3.05, 3.63) is 63.1 Å². The fourth-order valence-electron chi connectivity index (χ4n) is 2.51. The number of amides is 2. The van der Waals surface area contributed by atoms with Crippen LogP contribution in [0.25, 0.3) is 0 Å². The molecule has 0 fully saturated rings. The highest BCUT2D eigenvalue weighted by atomic mass is 35.5. The molecule has 0 saturated carbocycles. The molecule has 138 valence electrons. The summed E-state index contributed by atoms with van der Waals surface area (Å²) in [5.74, 6) is -0.788. The molecule has 0 saturated heterocycles. The SMILES string of the molecule is Cc1ccc(C)c(NC(=O)[C@@H](NC(=O)c2ccc(Cl)cc2Cl)C(C)C)c1. The fourth-order valence-corrected chi connectivity index (χ4v) is 3.00. The van der Waals surface area contributed by atoms with Gasteiger partial charge < -0.3 is 10.6 Å². The maximum Gasteiger partial charge on any atom is 0.253 e. The lowest BCUT2D eigenvalue weighted by atomic mass is 10.0. The Morgan fingerprint density at radius 3 is 2.31 bits per heavy atom. The van der Waals surface area contributed by atoms with Crippen LogP contribution in [0, 0.1) is 19.8 Å². The van der Waals surface area contributed by atoms with Crippen LogP contribution in [0.4, 0.5) is 5.69 Å². The van der Waals surface area contributed by atoms with Crippen molar-refractivity contribution in [2.45, 2.75) is 33.7 Å². The number of aryl methyl sites for hydroxylation is 2. The monoisotopic (exact) mass is 392 g/mol.